The Balaban J connectivity index is 2.45. The van der Waals surface area contributed by atoms with Crippen LogP contribution >= 0.6 is 0 Å². The van der Waals surface area contributed by atoms with Gasteiger partial charge in [0.15, 0.2) is 5.75 Å². The minimum Gasteiger partial charge on any atom is -0.536 e. The molecule has 0 aliphatic rings. The fourth-order valence-corrected chi connectivity index (χ4v) is 1.76. The van der Waals surface area contributed by atoms with E-state index in [1.165, 1.54) is 19.2 Å². The summed E-state index contributed by atoms with van der Waals surface area (Å²) >= 11 is 0. The van der Waals surface area contributed by atoms with Gasteiger partial charge in [0.25, 0.3) is 0 Å². The van der Waals surface area contributed by atoms with Gasteiger partial charge in [0.2, 0.25) is 0 Å². The van der Waals surface area contributed by atoms with Crippen LogP contribution in [-0.4, -0.2) is 19.8 Å². The number of hydrogen-bond acceptors (Lipinski definition) is 3. The summed E-state index contributed by atoms with van der Waals surface area (Å²) in [5.74, 6) is -0.573. The van der Waals surface area contributed by atoms with E-state index < -0.39 is 19.3 Å². The summed E-state index contributed by atoms with van der Waals surface area (Å²) < 4.78 is 36.4. The van der Waals surface area contributed by atoms with Gasteiger partial charge in [0.05, 0.1) is 7.11 Å². The van der Waals surface area contributed by atoms with Crippen molar-refractivity contribution in [1.29, 1.82) is 0 Å². The zero-order chi connectivity index (χ0) is 13.8. The Morgan fingerprint density at radius 3 is 2.21 bits per heavy atom. The second kappa shape index (κ2) is 5.71. The standard InChI is InChI=1S/C13H11BF2O3/c1-18-13-6-8(2-3-12(13)19-14-17)9-4-10(15)7-11(16)5-9/h2-7,14,17H,1H3. The van der Waals surface area contributed by atoms with E-state index in [0.717, 1.165) is 6.07 Å². The zero-order valence-corrected chi connectivity index (χ0v) is 10.2. The smallest absolute Gasteiger partial charge is 0.504 e. The molecule has 19 heavy (non-hydrogen) atoms. The Kier molecular flexibility index (Phi) is 4.01. The van der Waals surface area contributed by atoms with Crippen molar-refractivity contribution in [2.24, 2.45) is 0 Å². The fourth-order valence-electron chi connectivity index (χ4n) is 1.76. The van der Waals surface area contributed by atoms with E-state index in [1.54, 1.807) is 18.2 Å². The maximum Gasteiger partial charge on any atom is 0.504 e. The molecule has 0 radical (unpaired) electrons. The largest absolute Gasteiger partial charge is 0.536 e. The van der Waals surface area contributed by atoms with E-state index in [2.05, 4.69) is 0 Å². The Labute approximate surface area is 109 Å². The average molecular weight is 264 g/mol. The molecule has 0 unspecified atom stereocenters. The van der Waals surface area contributed by atoms with Crippen LogP contribution in [0.4, 0.5) is 8.78 Å². The Morgan fingerprint density at radius 1 is 0.947 bits per heavy atom. The molecular weight excluding hydrogens is 253 g/mol. The van der Waals surface area contributed by atoms with Crippen LogP contribution in [0.1, 0.15) is 0 Å². The molecule has 2 rings (SSSR count). The number of rotatable bonds is 4. The third-order valence-electron chi connectivity index (χ3n) is 2.58. The van der Waals surface area contributed by atoms with Gasteiger partial charge in [-0.05, 0) is 35.4 Å². The van der Waals surface area contributed by atoms with Gasteiger partial charge in [-0.15, -0.1) is 0 Å². The van der Waals surface area contributed by atoms with Gasteiger partial charge in [0, 0.05) is 6.07 Å². The van der Waals surface area contributed by atoms with E-state index in [0.29, 0.717) is 22.6 Å². The molecule has 0 heterocycles. The molecule has 2 aromatic rings. The van der Waals surface area contributed by atoms with Crippen LogP contribution in [-0.2, 0) is 0 Å². The highest BCUT2D eigenvalue weighted by molar-refractivity contribution is 6.17. The highest BCUT2D eigenvalue weighted by Gasteiger charge is 2.09. The van der Waals surface area contributed by atoms with Crippen LogP contribution in [0.3, 0.4) is 0 Å². The van der Waals surface area contributed by atoms with Crippen molar-refractivity contribution in [2.45, 2.75) is 0 Å². The summed E-state index contributed by atoms with van der Waals surface area (Å²) in [5, 5.41) is 8.72. The van der Waals surface area contributed by atoms with Gasteiger partial charge in [-0.2, -0.15) is 0 Å². The molecule has 2 aromatic carbocycles. The molecule has 0 atom stereocenters. The molecule has 1 N–H and O–H groups in total. The van der Waals surface area contributed by atoms with Crippen LogP contribution in [0.25, 0.3) is 11.1 Å². The molecule has 0 aliphatic carbocycles. The van der Waals surface area contributed by atoms with Gasteiger partial charge >= 0.3 is 7.69 Å². The van der Waals surface area contributed by atoms with Crippen molar-refractivity contribution in [3.63, 3.8) is 0 Å². The molecule has 0 saturated carbocycles. The number of methoxy groups -OCH3 is 1. The molecule has 0 saturated heterocycles. The summed E-state index contributed by atoms with van der Waals surface area (Å²) in [6, 6.07) is 8.03. The van der Waals surface area contributed by atoms with E-state index in [1.807, 2.05) is 0 Å². The zero-order valence-electron chi connectivity index (χ0n) is 10.2. The van der Waals surface area contributed by atoms with E-state index in [9.17, 15) is 8.78 Å². The average Bonchev–Trinajstić information content (AvgIpc) is 2.38. The van der Waals surface area contributed by atoms with Crippen molar-refractivity contribution in [3.05, 3.63) is 48.0 Å². The molecule has 0 fully saturated rings. The monoisotopic (exact) mass is 264 g/mol. The Hall–Kier alpha value is -2.08. The lowest BCUT2D eigenvalue weighted by atomic mass is 10.0. The summed E-state index contributed by atoms with van der Waals surface area (Å²) in [6.45, 7) is 0. The summed E-state index contributed by atoms with van der Waals surface area (Å²) in [7, 11) is 0.958. The second-order valence-corrected chi connectivity index (χ2v) is 3.80. The predicted molar refractivity (Wildman–Crippen MR) is 68.3 cm³/mol. The van der Waals surface area contributed by atoms with Gasteiger partial charge < -0.3 is 14.4 Å². The number of halogens is 2. The van der Waals surface area contributed by atoms with Crippen LogP contribution in [0.5, 0.6) is 11.5 Å². The van der Waals surface area contributed by atoms with Gasteiger partial charge in [-0.25, -0.2) is 8.78 Å². The minimum absolute atomic E-state index is 0.352. The Morgan fingerprint density at radius 2 is 1.63 bits per heavy atom. The Bertz CT molecular complexity index is 570. The molecule has 3 nitrogen and oxygen atoms in total. The van der Waals surface area contributed by atoms with Crippen LogP contribution in [0, 0.1) is 11.6 Å². The fraction of sp³-hybridized carbons (Fsp3) is 0.0769. The third-order valence-corrected chi connectivity index (χ3v) is 2.58. The van der Waals surface area contributed by atoms with Crippen molar-refractivity contribution in [2.75, 3.05) is 7.11 Å². The maximum atomic E-state index is 13.2. The van der Waals surface area contributed by atoms with E-state index in [4.69, 9.17) is 14.4 Å². The third kappa shape index (κ3) is 3.03. The summed E-state index contributed by atoms with van der Waals surface area (Å²) in [5.41, 5.74) is 0.979. The van der Waals surface area contributed by atoms with Crippen molar-refractivity contribution in [1.82, 2.24) is 0 Å². The molecular formula is C13H11BF2O3. The van der Waals surface area contributed by atoms with Crippen LogP contribution < -0.4 is 9.39 Å². The SMILES string of the molecule is COc1cc(-c2cc(F)cc(F)c2)ccc1OBO. The molecule has 6 heteroatoms. The lowest BCUT2D eigenvalue weighted by molar-refractivity contribution is 0.382. The summed E-state index contributed by atoms with van der Waals surface area (Å²) in [6.07, 6.45) is 0. The minimum atomic E-state index is -0.648. The molecule has 0 aliphatic heterocycles. The molecule has 0 aromatic heterocycles. The number of benzene rings is 2. The highest BCUT2D eigenvalue weighted by atomic mass is 19.1. The first-order valence-electron chi connectivity index (χ1n) is 5.52. The first kappa shape index (κ1) is 13.4. The van der Waals surface area contributed by atoms with Crippen molar-refractivity contribution >= 4 is 7.69 Å². The van der Waals surface area contributed by atoms with Crippen molar-refractivity contribution in [3.8, 4) is 22.6 Å². The first-order chi connectivity index (χ1) is 9.13. The first-order valence-corrected chi connectivity index (χ1v) is 5.52. The van der Waals surface area contributed by atoms with Crippen molar-refractivity contribution < 1.29 is 23.2 Å². The van der Waals surface area contributed by atoms with Crippen LogP contribution in [0.15, 0.2) is 36.4 Å². The molecule has 0 spiro atoms. The van der Waals surface area contributed by atoms with Gasteiger partial charge in [-0.1, -0.05) is 6.07 Å². The van der Waals surface area contributed by atoms with Gasteiger partial charge in [0.1, 0.15) is 17.4 Å². The second-order valence-electron chi connectivity index (χ2n) is 3.80. The quantitative estimate of drug-likeness (QED) is 0.861. The van der Waals surface area contributed by atoms with Crippen LogP contribution in [0.2, 0.25) is 0 Å². The van der Waals surface area contributed by atoms with E-state index in [-0.39, 0.29) is 0 Å². The lowest BCUT2D eigenvalue weighted by Crippen LogP contribution is -2.01. The molecule has 0 amide bonds. The lowest BCUT2D eigenvalue weighted by Gasteiger charge is -2.11. The maximum absolute atomic E-state index is 13.2. The molecule has 0 bridgehead atoms. The molecule has 98 valence electrons. The van der Waals surface area contributed by atoms with Gasteiger partial charge in [-0.3, -0.25) is 0 Å². The highest BCUT2D eigenvalue weighted by Crippen LogP contribution is 2.32. The van der Waals surface area contributed by atoms with E-state index >= 15 is 0 Å². The number of ether oxygens (including phenoxy) is 1. The predicted octanol–water partition coefficient (Wildman–Crippen LogP) is 2.28. The summed E-state index contributed by atoms with van der Waals surface area (Å²) in [4.78, 5) is 0. The number of hydrogen-bond donors (Lipinski definition) is 1. The topological polar surface area (TPSA) is 38.7 Å². The normalized spacial score (nSPS) is 10.1.